The van der Waals surface area contributed by atoms with E-state index >= 15 is 0 Å². The highest BCUT2D eigenvalue weighted by atomic mass is 19.4. The van der Waals surface area contributed by atoms with Crippen LogP contribution in [0.5, 0.6) is 0 Å². The lowest BCUT2D eigenvalue weighted by molar-refractivity contribution is -0.137. The Hall–Kier alpha value is -2.77. The van der Waals surface area contributed by atoms with Crippen LogP contribution in [0, 0.1) is 12.7 Å². The maximum Gasteiger partial charge on any atom is 0.417 e. The number of hydrogen-bond donors (Lipinski definition) is 0. The minimum atomic E-state index is -4.45. The predicted octanol–water partition coefficient (Wildman–Crippen LogP) is 4.44. The van der Waals surface area contributed by atoms with Crippen LogP contribution in [0.1, 0.15) is 29.6 Å². The Morgan fingerprint density at radius 3 is 2.67 bits per heavy atom. The van der Waals surface area contributed by atoms with Crippen molar-refractivity contribution in [2.45, 2.75) is 39.0 Å². The summed E-state index contributed by atoms with van der Waals surface area (Å²) < 4.78 is 52.9. The Labute approximate surface area is 152 Å². The fourth-order valence-corrected chi connectivity index (χ4v) is 3.44. The minimum absolute atomic E-state index is 0.0532. The van der Waals surface area contributed by atoms with E-state index in [4.69, 9.17) is 0 Å². The first-order valence-corrected chi connectivity index (χ1v) is 8.48. The summed E-state index contributed by atoms with van der Waals surface area (Å²) >= 11 is 0. The number of nitrogens with zero attached hydrogens (tertiary/aromatic N) is 4. The van der Waals surface area contributed by atoms with E-state index in [1.165, 1.54) is 12.1 Å². The maximum atomic E-state index is 13.8. The molecule has 1 aliphatic rings. The zero-order chi connectivity index (χ0) is 19.3. The van der Waals surface area contributed by atoms with Crippen LogP contribution >= 0.6 is 0 Å². The Morgan fingerprint density at radius 1 is 1.15 bits per heavy atom. The lowest BCUT2D eigenvalue weighted by Crippen LogP contribution is -2.39. The van der Waals surface area contributed by atoms with Crippen LogP contribution in [0.2, 0.25) is 0 Å². The summed E-state index contributed by atoms with van der Waals surface area (Å²) in [5.41, 5.74) is 0.973. The second kappa shape index (κ2) is 6.14. The number of benzene rings is 1. The van der Waals surface area contributed by atoms with Gasteiger partial charge in [-0.25, -0.2) is 14.4 Å². The van der Waals surface area contributed by atoms with Gasteiger partial charge < -0.3 is 4.90 Å². The highest BCUT2D eigenvalue weighted by molar-refractivity contribution is 5.89. The number of halogens is 4. The molecule has 1 aromatic carbocycles. The summed E-state index contributed by atoms with van der Waals surface area (Å²) in [5.74, 6) is 0.624. The smallest absolute Gasteiger partial charge is 0.348 e. The Bertz CT molecular complexity index is 1030. The number of aromatic nitrogens is 3. The van der Waals surface area contributed by atoms with Gasteiger partial charge in [0.2, 0.25) is 0 Å². The molecular weight excluding hydrogens is 360 g/mol. The summed E-state index contributed by atoms with van der Waals surface area (Å²) in [5, 5.41) is 0.538. The summed E-state index contributed by atoms with van der Waals surface area (Å²) in [4.78, 5) is 14.7. The van der Waals surface area contributed by atoms with Gasteiger partial charge in [0.25, 0.3) is 0 Å². The van der Waals surface area contributed by atoms with Gasteiger partial charge >= 0.3 is 6.18 Å². The average Bonchev–Trinajstić information content (AvgIpc) is 2.59. The highest BCUT2D eigenvalue weighted by Gasteiger charge is 2.34. The topological polar surface area (TPSA) is 41.9 Å². The van der Waals surface area contributed by atoms with Gasteiger partial charge in [0.1, 0.15) is 17.5 Å². The van der Waals surface area contributed by atoms with E-state index in [2.05, 4.69) is 15.0 Å². The van der Waals surface area contributed by atoms with Crippen molar-refractivity contribution in [1.82, 2.24) is 15.0 Å². The molecule has 0 aliphatic carbocycles. The molecule has 27 heavy (non-hydrogen) atoms. The Balaban J connectivity index is 1.82. The van der Waals surface area contributed by atoms with Crippen molar-refractivity contribution >= 4 is 16.7 Å². The van der Waals surface area contributed by atoms with Crippen molar-refractivity contribution in [3.8, 4) is 0 Å². The highest BCUT2D eigenvalue weighted by Crippen LogP contribution is 2.35. The minimum Gasteiger partial charge on any atom is -0.348 e. The zero-order valence-corrected chi connectivity index (χ0v) is 14.7. The van der Waals surface area contributed by atoms with E-state index in [1.807, 2.05) is 11.8 Å². The van der Waals surface area contributed by atoms with Gasteiger partial charge in [0.05, 0.1) is 11.1 Å². The van der Waals surface area contributed by atoms with Crippen LogP contribution in [0.4, 0.5) is 23.4 Å². The molecule has 1 unspecified atom stereocenters. The van der Waals surface area contributed by atoms with Gasteiger partial charge in [-0.3, -0.25) is 4.98 Å². The summed E-state index contributed by atoms with van der Waals surface area (Å²) in [6.45, 7) is 3.90. The van der Waals surface area contributed by atoms with Crippen molar-refractivity contribution in [2.24, 2.45) is 0 Å². The molecule has 1 aliphatic heterocycles. The van der Waals surface area contributed by atoms with E-state index in [0.717, 1.165) is 12.3 Å². The lowest BCUT2D eigenvalue weighted by atomic mass is 9.98. The second-order valence-electron chi connectivity index (χ2n) is 6.76. The number of alkyl halides is 3. The zero-order valence-electron chi connectivity index (χ0n) is 14.7. The van der Waals surface area contributed by atoms with Gasteiger partial charge in [0, 0.05) is 36.3 Å². The van der Waals surface area contributed by atoms with Crippen LogP contribution in [-0.4, -0.2) is 21.0 Å². The van der Waals surface area contributed by atoms with Crippen molar-refractivity contribution in [1.29, 1.82) is 0 Å². The Kier molecular flexibility index (Phi) is 4.01. The second-order valence-corrected chi connectivity index (χ2v) is 6.76. The van der Waals surface area contributed by atoms with Crippen LogP contribution < -0.4 is 4.90 Å². The number of pyridine rings is 1. The Morgan fingerprint density at radius 2 is 1.93 bits per heavy atom. The molecule has 0 saturated carbocycles. The van der Waals surface area contributed by atoms with Gasteiger partial charge in [-0.1, -0.05) is 0 Å². The number of aryl methyl sites for hydroxylation is 1. The molecule has 2 aromatic heterocycles. The molecule has 0 fully saturated rings. The van der Waals surface area contributed by atoms with Crippen molar-refractivity contribution in [3.63, 3.8) is 0 Å². The van der Waals surface area contributed by atoms with Gasteiger partial charge in [-0.2, -0.15) is 13.2 Å². The predicted molar refractivity (Wildman–Crippen MR) is 92.8 cm³/mol. The molecule has 3 heterocycles. The molecule has 0 radical (unpaired) electrons. The van der Waals surface area contributed by atoms with Crippen molar-refractivity contribution in [2.75, 3.05) is 4.90 Å². The molecule has 0 bridgehead atoms. The van der Waals surface area contributed by atoms with Crippen LogP contribution in [0.25, 0.3) is 10.9 Å². The summed E-state index contributed by atoms with van der Waals surface area (Å²) in [7, 11) is 0. The van der Waals surface area contributed by atoms with E-state index in [1.54, 1.807) is 13.0 Å². The number of hydrogen-bond acceptors (Lipinski definition) is 4. The third-order valence-electron chi connectivity index (χ3n) is 4.77. The standard InChI is InChI=1S/C19H16F4N4/c1-10-5-17-12(6-13(8-24-17)19(21,22)23)9-27(10)18-15-7-14(20)3-4-16(15)25-11(2)26-18/h3-4,6-8,10H,5,9H2,1-2H3. The van der Waals surface area contributed by atoms with Crippen molar-refractivity contribution in [3.05, 3.63) is 58.9 Å². The SMILES string of the molecule is Cc1nc(N2Cc3cc(C(F)(F)F)cnc3CC2C)c2cc(F)ccc2n1. The van der Waals surface area contributed by atoms with Crippen LogP contribution in [0.15, 0.2) is 30.5 Å². The first kappa shape index (κ1) is 17.6. The molecule has 1 atom stereocenters. The number of anilines is 1. The molecule has 140 valence electrons. The van der Waals surface area contributed by atoms with Gasteiger partial charge in [-0.05, 0) is 43.7 Å². The van der Waals surface area contributed by atoms with E-state index in [0.29, 0.717) is 40.2 Å². The third-order valence-corrected chi connectivity index (χ3v) is 4.77. The monoisotopic (exact) mass is 376 g/mol. The van der Waals surface area contributed by atoms with E-state index in [9.17, 15) is 17.6 Å². The average molecular weight is 376 g/mol. The molecule has 0 N–H and O–H groups in total. The molecule has 0 amide bonds. The van der Waals surface area contributed by atoms with E-state index < -0.39 is 17.6 Å². The molecule has 0 saturated heterocycles. The fourth-order valence-electron chi connectivity index (χ4n) is 3.44. The van der Waals surface area contributed by atoms with E-state index in [-0.39, 0.29) is 12.6 Å². The maximum absolute atomic E-state index is 13.8. The normalized spacial score (nSPS) is 17.3. The van der Waals surface area contributed by atoms with Crippen LogP contribution in [0.3, 0.4) is 0 Å². The molecule has 4 nitrogen and oxygen atoms in total. The summed E-state index contributed by atoms with van der Waals surface area (Å²) in [6.07, 6.45) is -3.09. The molecule has 8 heteroatoms. The quantitative estimate of drug-likeness (QED) is 0.589. The fraction of sp³-hybridized carbons (Fsp3) is 0.316. The first-order chi connectivity index (χ1) is 12.7. The number of fused-ring (bicyclic) bond motifs is 2. The molecule has 3 aromatic rings. The number of rotatable bonds is 1. The first-order valence-electron chi connectivity index (χ1n) is 8.48. The van der Waals surface area contributed by atoms with Crippen LogP contribution in [-0.2, 0) is 19.1 Å². The third kappa shape index (κ3) is 3.20. The lowest BCUT2D eigenvalue weighted by Gasteiger charge is -2.36. The van der Waals surface area contributed by atoms with Gasteiger partial charge in [0.15, 0.2) is 0 Å². The molecule has 4 rings (SSSR count). The van der Waals surface area contributed by atoms with Gasteiger partial charge in [-0.15, -0.1) is 0 Å². The largest absolute Gasteiger partial charge is 0.417 e. The summed E-state index contributed by atoms with van der Waals surface area (Å²) in [6, 6.07) is 5.35. The van der Waals surface area contributed by atoms with Crippen molar-refractivity contribution < 1.29 is 17.6 Å². The molecule has 0 spiro atoms. The molecular formula is C19H16F4N4.